The molecule has 0 aromatic carbocycles. The highest BCUT2D eigenvalue weighted by Gasteiger charge is 2.41. The minimum absolute atomic E-state index is 0.0563. The van der Waals surface area contributed by atoms with Crippen molar-refractivity contribution in [3.8, 4) is 0 Å². The molecule has 0 aromatic heterocycles. The van der Waals surface area contributed by atoms with Crippen LogP contribution in [-0.2, 0) is 0 Å². The fraction of sp³-hybridized carbons (Fsp3) is 1.00. The molecule has 0 aromatic rings. The molecule has 1 aliphatic carbocycles. The van der Waals surface area contributed by atoms with Gasteiger partial charge in [0.2, 0.25) is 0 Å². The van der Waals surface area contributed by atoms with Crippen LogP contribution in [0.15, 0.2) is 0 Å². The van der Waals surface area contributed by atoms with Gasteiger partial charge in [0, 0.05) is 0 Å². The number of hydrogen-bond acceptors (Lipinski definition) is 1. The maximum absolute atomic E-state index is 10.8. The van der Waals surface area contributed by atoms with E-state index in [4.69, 9.17) is 0 Å². The quantitative estimate of drug-likeness (QED) is 0.580. The minimum atomic E-state index is -0.0563. The van der Waals surface area contributed by atoms with Crippen LogP contribution in [0.5, 0.6) is 0 Å². The Morgan fingerprint density at radius 2 is 1.74 bits per heavy atom. The largest absolute Gasteiger partial charge is 0.393 e. The summed E-state index contributed by atoms with van der Waals surface area (Å²) in [4.78, 5) is 0. The second kappa shape index (κ2) is 8.29. The van der Waals surface area contributed by atoms with Crippen LogP contribution in [0.2, 0.25) is 0 Å². The molecule has 114 valence electrons. The van der Waals surface area contributed by atoms with Crippen molar-refractivity contribution in [2.45, 2.75) is 98.0 Å². The van der Waals surface area contributed by atoms with Crippen LogP contribution in [0.3, 0.4) is 0 Å². The van der Waals surface area contributed by atoms with E-state index in [2.05, 4.69) is 27.7 Å². The van der Waals surface area contributed by atoms with Crippen molar-refractivity contribution in [2.24, 2.45) is 17.3 Å². The van der Waals surface area contributed by atoms with Crippen LogP contribution in [0.4, 0.5) is 0 Å². The van der Waals surface area contributed by atoms with Crippen molar-refractivity contribution in [3.63, 3.8) is 0 Å². The summed E-state index contributed by atoms with van der Waals surface area (Å²) in [6, 6.07) is 0. The van der Waals surface area contributed by atoms with Crippen molar-refractivity contribution in [2.75, 3.05) is 0 Å². The Bertz CT molecular complexity index is 228. The average molecular weight is 268 g/mol. The van der Waals surface area contributed by atoms with Crippen molar-refractivity contribution in [3.05, 3.63) is 0 Å². The predicted molar refractivity (Wildman–Crippen MR) is 84.3 cm³/mol. The van der Waals surface area contributed by atoms with E-state index in [1.807, 2.05) is 0 Å². The molecule has 0 aliphatic heterocycles. The van der Waals surface area contributed by atoms with Gasteiger partial charge in [-0.2, -0.15) is 0 Å². The molecule has 0 bridgehead atoms. The third kappa shape index (κ3) is 5.10. The van der Waals surface area contributed by atoms with Gasteiger partial charge < -0.3 is 5.11 Å². The maximum atomic E-state index is 10.8. The topological polar surface area (TPSA) is 20.2 Å². The number of hydrogen-bond donors (Lipinski definition) is 1. The van der Waals surface area contributed by atoms with Gasteiger partial charge in [-0.15, -0.1) is 0 Å². The second-order valence-electron chi connectivity index (χ2n) is 7.34. The zero-order chi connectivity index (χ0) is 14.3. The standard InChI is InChI=1S/C18H36O/c1-5-7-10-16(6-2)13-17(19)18(14-15(3)4)11-8-9-12-18/h15-17,19H,5-14H2,1-4H3. The molecule has 0 spiro atoms. The summed E-state index contributed by atoms with van der Waals surface area (Å²) in [5.41, 5.74) is 0.258. The molecule has 0 heterocycles. The van der Waals surface area contributed by atoms with Crippen LogP contribution in [-0.4, -0.2) is 11.2 Å². The fourth-order valence-corrected chi connectivity index (χ4v) is 4.11. The van der Waals surface area contributed by atoms with E-state index < -0.39 is 0 Å². The van der Waals surface area contributed by atoms with Crippen molar-refractivity contribution < 1.29 is 5.11 Å². The Labute approximate surface area is 121 Å². The second-order valence-corrected chi connectivity index (χ2v) is 7.34. The Morgan fingerprint density at radius 1 is 1.11 bits per heavy atom. The van der Waals surface area contributed by atoms with Gasteiger partial charge in [-0.1, -0.05) is 66.2 Å². The van der Waals surface area contributed by atoms with Gasteiger partial charge in [0.05, 0.1) is 6.10 Å². The average Bonchev–Trinajstić information content (AvgIpc) is 2.83. The summed E-state index contributed by atoms with van der Waals surface area (Å²) in [6.45, 7) is 9.17. The first-order valence-corrected chi connectivity index (χ1v) is 8.72. The van der Waals surface area contributed by atoms with Gasteiger partial charge in [0.15, 0.2) is 0 Å². The van der Waals surface area contributed by atoms with Crippen molar-refractivity contribution in [1.82, 2.24) is 0 Å². The normalized spacial score (nSPS) is 21.8. The van der Waals surface area contributed by atoms with Crippen LogP contribution in [0, 0.1) is 17.3 Å². The van der Waals surface area contributed by atoms with Gasteiger partial charge in [-0.05, 0) is 42.9 Å². The molecule has 1 N–H and O–H groups in total. The van der Waals surface area contributed by atoms with Crippen LogP contribution in [0.25, 0.3) is 0 Å². The van der Waals surface area contributed by atoms with Gasteiger partial charge in [-0.3, -0.25) is 0 Å². The molecule has 1 saturated carbocycles. The summed E-state index contributed by atoms with van der Waals surface area (Å²) in [5.74, 6) is 1.45. The Kier molecular flexibility index (Phi) is 7.42. The summed E-state index contributed by atoms with van der Waals surface area (Å²) >= 11 is 0. The molecular formula is C18H36O. The zero-order valence-electron chi connectivity index (χ0n) is 13.8. The SMILES string of the molecule is CCCCC(CC)CC(O)C1(CC(C)C)CCCC1. The first-order chi connectivity index (χ1) is 9.04. The molecule has 1 rings (SSSR count). The highest BCUT2D eigenvalue weighted by Crippen LogP contribution is 2.47. The van der Waals surface area contributed by atoms with Gasteiger partial charge in [0.25, 0.3) is 0 Å². The smallest absolute Gasteiger partial charge is 0.0599 e. The molecule has 1 aliphatic rings. The highest BCUT2D eigenvalue weighted by atomic mass is 16.3. The Hall–Kier alpha value is -0.0400. The first kappa shape index (κ1) is 17.0. The molecule has 2 unspecified atom stereocenters. The molecule has 19 heavy (non-hydrogen) atoms. The lowest BCUT2D eigenvalue weighted by atomic mass is 9.71. The molecule has 1 fully saturated rings. The molecule has 0 radical (unpaired) electrons. The molecule has 1 nitrogen and oxygen atoms in total. The van der Waals surface area contributed by atoms with Crippen molar-refractivity contribution in [1.29, 1.82) is 0 Å². The van der Waals surface area contributed by atoms with Crippen molar-refractivity contribution >= 4 is 0 Å². The molecule has 2 atom stereocenters. The predicted octanol–water partition coefficient (Wildman–Crippen LogP) is 5.56. The van der Waals surface area contributed by atoms with Gasteiger partial charge >= 0.3 is 0 Å². The highest BCUT2D eigenvalue weighted by molar-refractivity contribution is 4.92. The lowest BCUT2D eigenvalue weighted by molar-refractivity contribution is -0.00529. The molecule has 0 saturated heterocycles. The number of unbranched alkanes of at least 4 members (excludes halogenated alkanes) is 1. The summed E-state index contributed by atoms with van der Waals surface area (Å²) in [7, 11) is 0. The minimum Gasteiger partial charge on any atom is -0.393 e. The van der Waals surface area contributed by atoms with Crippen LogP contribution in [0.1, 0.15) is 91.9 Å². The molecule has 0 amide bonds. The first-order valence-electron chi connectivity index (χ1n) is 8.72. The zero-order valence-corrected chi connectivity index (χ0v) is 13.8. The van der Waals surface area contributed by atoms with E-state index >= 15 is 0 Å². The van der Waals surface area contributed by atoms with Crippen LogP contribution < -0.4 is 0 Å². The van der Waals surface area contributed by atoms with E-state index in [-0.39, 0.29) is 11.5 Å². The number of aliphatic hydroxyl groups is 1. The Balaban J connectivity index is 2.58. The number of rotatable bonds is 9. The fourth-order valence-electron chi connectivity index (χ4n) is 4.11. The van der Waals surface area contributed by atoms with Crippen LogP contribution >= 0.6 is 0 Å². The molecule has 1 heteroatoms. The third-order valence-corrected chi connectivity index (χ3v) is 5.22. The van der Waals surface area contributed by atoms with E-state index in [0.29, 0.717) is 5.92 Å². The maximum Gasteiger partial charge on any atom is 0.0599 e. The van der Waals surface area contributed by atoms with E-state index in [1.165, 1.54) is 57.8 Å². The number of aliphatic hydroxyl groups excluding tert-OH is 1. The lowest BCUT2D eigenvalue weighted by Crippen LogP contribution is -2.35. The van der Waals surface area contributed by atoms with E-state index in [1.54, 1.807) is 0 Å². The van der Waals surface area contributed by atoms with Gasteiger partial charge in [0.1, 0.15) is 0 Å². The lowest BCUT2D eigenvalue weighted by Gasteiger charge is -2.37. The monoisotopic (exact) mass is 268 g/mol. The van der Waals surface area contributed by atoms with E-state index in [0.717, 1.165) is 12.3 Å². The summed E-state index contributed by atoms with van der Waals surface area (Å²) < 4.78 is 0. The molecular weight excluding hydrogens is 232 g/mol. The summed E-state index contributed by atoms with van der Waals surface area (Å²) in [6.07, 6.45) is 12.5. The van der Waals surface area contributed by atoms with Gasteiger partial charge in [-0.25, -0.2) is 0 Å². The summed E-state index contributed by atoms with van der Waals surface area (Å²) in [5, 5.41) is 10.8. The Morgan fingerprint density at radius 3 is 2.21 bits per heavy atom. The van der Waals surface area contributed by atoms with E-state index in [9.17, 15) is 5.11 Å². The third-order valence-electron chi connectivity index (χ3n) is 5.22.